The monoisotopic (exact) mass is 445 g/mol. The van der Waals surface area contributed by atoms with Crippen LogP contribution in [0.2, 0.25) is 0 Å². The average molecular weight is 446 g/mol. The molecule has 0 spiro atoms. The number of hydrogen-bond donors (Lipinski definition) is 1. The zero-order valence-corrected chi connectivity index (χ0v) is 20.5. The molecule has 0 amide bonds. The van der Waals surface area contributed by atoms with E-state index in [1.165, 1.54) is 0 Å². The summed E-state index contributed by atoms with van der Waals surface area (Å²) in [5.41, 5.74) is -0.126. The van der Waals surface area contributed by atoms with Crippen LogP contribution in [0.15, 0.2) is 0 Å². The van der Waals surface area contributed by atoms with Crippen molar-refractivity contribution in [3.05, 3.63) is 0 Å². The van der Waals surface area contributed by atoms with Crippen molar-refractivity contribution >= 4 is 11.6 Å². The van der Waals surface area contributed by atoms with E-state index in [4.69, 9.17) is 4.74 Å². The third-order valence-electron chi connectivity index (χ3n) is 10.6. The van der Waals surface area contributed by atoms with Crippen molar-refractivity contribution in [2.75, 3.05) is 19.6 Å². The summed E-state index contributed by atoms with van der Waals surface area (Å²) in [6.45, 7) is 10.9. The Hall–Kier alpha value is -0.780. The van der Waals surface area contributed by atoms with Gasteiger partial charge in [-0.25, -0.2) is 0 Å². The van der Waals surface area contributed by atoms with Crippen LogP contribution >= 0.6 is 0 Å². The normalized spacial score (nSPS) is 51.6. The molecule has 0 aromatic rings. The molecule has 32 heavy (non-hydrogen) atoms. The van der Waals surface area contributed by atoms with Crippen molar-refractivity contribution in [1.82, 2.24) is 4.90 Å². The van der Waals surface area contributed by atoms with Gasteiger partial charge in [-0.2, -0.15) is 0 Å². The molecule has 5 rings (SSSR count). The van der Waals surface area contributed by atoms with E-state index in [0.29, 0.717) is 42.3 Å². The van der Waals surface area contributed by atoms with Gasteiger partial charge in [-0.1, -0.05) is 13.8 Å². The Balaban J connectivity index is 1.34. The molecule has 1 saturated heterocycles. The van der Waals surface area contributed by atoms with Crippen molar-refractivity contribution in [2.45, 2.75) is 97.4 Å². The molecule has 1 N–H and O–H groups in total. The second kappa shape index (κ2) is 8.16. The smallest absolute Gasteiger partial charge is 0.150 e. The van der Waals surface area contributed by atoms with E-state index in [1.54, 1.807) is 0 Å². The molecule has 10 atom stereocenters. The van der Waals surface area contributed by atoms with Gasteiger partial charge in [0, 0.05) is 31.3 Å². The van der Waals surface area contributed by atoms with Crippen molar-refractivity contribution < 1.29 is 19.4 Å². The summed E-state index contributed by atoms with van der Waals surface area (Å²) >= 11 is 0. The Kier molecular flexibility index (Phi) is 5.86. The minimum absolute atomic E-state index is 0.0181. The number of fused-ring (bicyclic) bond motifs is 5. The van der Waals surface area contributed by atoms with Crippen molar-refractivity contribution in [3.8, 4) is 0 Å². The second-order valence-electron chi connectivity index (χ2n) is 12.7. The lowest BCUT2D eigenvalue weighted by Gasteiger charge is -2.59. The van der Waals surface area contributed by atoms with E-state index in [1.807, 2.05) is 0 Å². The van der Waals surface area contributed by atoms with E-state index in [0.717, 1.165) is 58.0 Å². The zero-order chi connectivity index (χ0) is 22.8. The largest absolute Gasteiger partial charge is 0.393 e. The topological polar surface area (TPSA) is 66.8 Å². The molecule has 5 heteroatoms. The van der Waals surface area contributed by atoms with Gasteiger partial charge in [0.25, 0.3) is 0 Å². The van der Waals surface area contributed by atoms with Gasteiger partial charge in [-0.3, -0.25) is 14.5 Å². The molecule has 0 radical (unpaired) electrons. The van der Waals surface area contributed by atoms with Gasteiger partial charge in [0.05, 0.1) is 24.9 Å². The molecular weight excluding hydrogens is 402 g/mol. The molecule has 0 bridgehead atoms. The summed E-state index contributed by atoms with van der Waals surface area (Å²) in [6.07, 6.45) is 7.69. The lowest BCUT2D eigenvalue weighted by molar-refractivity contribution is -0.162. The predicted molar refractivity (Wildman–Crippen MR) is 123 cm³/mol. The number of morpholine rings is 1. The highest BCUT2D eigenvalue weighted by atomic mass is 16.5. The Bertz CT molecular complexity index is 759. The maximum absolute atomic E-state index is 13.8. The first kappa shape index (κ1) is 23.0. The molecule has 4 saturated carbocycles. The van der Waals surface area contributed by atoms with E-state index in [2.05, 4.69) is 32.6 Å². The number of nitrogens with zero attached hydrogens (tertiary/aromatic N) is 1. The van der Waals surface area contributed by atoms with Gasteiger partial charge in [0.2, 0.25) is 0 Å². The first-order chi connectivity index (χ1) is 15.1. The minimum Gasteiger partial charge on any atom is -0.393 e. The third-order valence-corrected chi connectivity index (χ3v) is 10.6. The lowest BCUT2D eigenvalue weighted by atomic mass is 9.44. The number of carbonyl (C=O) groups is 2. The van der Waals surface area contributed by atoms with E-state index in [9.17, 15) is 14.7 Å². The standard InChI is InChI=1S/C27H43NO4/c1-16-13-28(14-17(2)32-16)15-24(31)22-8-7-21-20-6-5-18-11-19(29)9-10-26(18,3)25(20)23(30)12-27(21,22)4/h16-22,25,29H,5-15H2,1-4H3/t16-,17-,18-,19+,20-,21-,22+,25+,26-,27-/m0/s1. The molecule has 5 nitrogen and oxygen atoms in total. The Labute approximate surface area is 193 Å². The van der Waals surface area contributed by atoms with Gasteiger partial charge in [-0.05, 0) is 87.4 Å². The number of Topliss-reactive ketones (excluding diaryl/α,β-unsaturated/α-hetero) is 2. The number of ketones is 2. The second-order valence-corrected chi connectivity index (χ2v) is 12.7. The van der Waals surface area contributed by atoms with Gasteiger partial charge in [-0.15, -0.1) is 0 Å². The average Bonchev–Trinajstić information content (AvgIpc) is 3.04. The molecule has 0 aromatic heterocycles. The number of rotatable bonds is 3. The van der Waals surface area contributed by atoms with Crippen LogP contribution in [0, 0.1) is 40.4 Å². The van der Waals surface area contributed by atoms with Crippen LogP contribution in [0.25, 0.3) is 0 Å². The molecule has 0 unspecified atom stereocenters. The van der Waals surface area contributed by atoms with E-state index >= 15 is 0 Å². The van der Waals surface area contributed by atoms with Gasteiger partial charge >= 0.3 is 0 Å². The lowest BCUT2D eigenvalue weighted by Crippen LogP contribution is -2.58. The first-order valence-corrected chi connectivity index (χ1v) is 13.2. The van der Waals surface area contributed by atoms with Crippen LogP contribution in [0.5, 0.6) is 0 Å². The molecule has 5 aliphatic rings. The summed E-state index contributed by atoms with van der Waals surface area (Å²) in [5, 5.41) is 10.2. The van der Waals surface area contributed by atoms with Crippen molar-refractivity contribution in [2.24, 2.45) is 40.4 Å². The Morgan fingerprint density at radius 2 is 1.78 bits per heavy atom. The summed E-state index contributed by atoms with van der Waals surface area (Å²) in [6, 6.07) is 0. The number of carbonyl (C=O) groups excluding carboxylic acids is 2. The van der Waals surface area contributed by atoms with Crippen LogP contribution in [0.1, 0.15) is 79.1 Å². The molecule has 5 fully saturated rings. The van der Waals surface area contributed by atoms with Crippen molar-refractivity contribution in [3.63, 3.8) is 0 Å². The SMILES string of the molecule is C[C@H]1CN(CC(=O)[C@H]2CC[C@H]3[C@@H]4CC[C@H]5C[C@H](O)CC[C@]5(C)[C@H]4C(=O)C[C@]23C)C[C@H](C)O1. The number of hydrogen-bond acceptors (Lipinski definition) is 5. The molecule has 180 valence electrons. The number of ether oxygens (including phenoxy) is 1. The summed E-state index contributed by atoms with van der Waals surface area (Å²) < 4.78 is 5.85. The molecular formula is C27H43NO4. The van der Waals surface area contributed by atoms with Crippen LogP contribution in [-0.4, -0.2) is 59.5 Å². The zero-order valence-electron chi connectivity index (χ0n) is 20.5. The maximum atomic E-state index is 13.8. The molecule has 1 aliphatic heterocycles. The number of aliphatic hydroxyl groups is 1. The highest BCUT2D eigenvalue weighted by molar-refractivity contribution is 5.88. The fraction of sp³-hybridized carbons (Fsp3) is 0.926. The van der Waals surface area contributed by atoms with Gasteiger partial charge < -0.3 is 9.84 Å². The summed E-state index contributed by atoms with van der Waals surface area (Å²) in [5.74, 6) is 2.33. The maximum Gasteiger partial charge on any atom is 0.150 e. The fourth-order valence-corrected chi connectivity index (χ4v) is 9.32. The third kappa shape index (κ3) is 3.62. The van der Waals surface area contributed by atoms with E-state index < -0.39 is 0 Å². The highest BCUT2D eigenvalue weighted by Crippen LogP contribution is 2.66. The van der Waals surface area contributed by atoms with Crippen LogP contribution in [0.3, 0.4) is 0 Å². The van der Waals surface area contributed by atoms with Gasteiger partial charge in [0.1, 0.15) is 11.6 Å². The Morgan fingerprint density at radius 3 is 2.50 bits per heavy atom. The summed E-state index contributed by atoms with van der Waals surface area (Å²) in [7, 11) is 0. The highest BCUT2D eigenvalue weighted by Gasteiger charge is 2.64. The predicted octanol–water partition coefficient (Wildman–Crippen LogP) is 3.86. The van der Waals surface area contributed by atoms with Crippen molar-refractivity contribution in [1.29, 1.82) is 0 Å². The quantitative estimate of drug-likeness (QED) is 0.714. The Morgan fingerprint density at radius 1 is 1.06 bits per heavy atom. The van der Waals surface area contributed by atoms with Crippen LogP contribution in [-0.2, 0) is 14.3 Å². The minimum atomic E-state index is -0.187. The molecule has 0 aromatic carbocycles. The molecule has 4 aliphatic carbocycles. The van der Waals surface area contributed by atoms with E-state index in [-0.39, 0.29) is 41.0 Å². The van der Waals surface area contributed by atoms with Gasteiger partial charge in [0.15, 0.2) is 0 Å². The number of aliphatic hydroxyl groups excluding tert-OH is 1. The molecule has 1 heterocycles. The van der Waals surface area contributed by atoms with Crippen LogP contribution < -0.4 is 0 Å². The first-order valence-electron chi connectivity index (χ1n) is 13.2. The van der Waals surface area contributed by atoms with Crippen LogP contribution in [0.4, 0.5) is 0 Å². The fourth-order valence-electron chi connectivity index (χ4n) is 9.32. The summed E-state index contributed by atoms with van der Waals surface area (Å²) in [4.78, 5) is 29.6.